The second-order valence-corrected chi connectivity index (χ2v) is 5.04. The smallest absolute Gasteiger partial charge is 0.0468 e. The van der Waals surface area contributed by atoms with Gasteiger partial charge in [0.1, 0.15) is 0 Å². The fourth-order valence-electron chi connectivity index (χ4n) is 3.07. The zero-order chi connectivity index (χ0) is 10.4. The zero-order valence-electron chi connectivity index (χ0n) is 10.1. The molecule has 1 rings (SSSR count). The molecule has 84 valence electrons. The SMILES string of the molecule is CCCC(C)(CCC)C1CCOCC1. The van der Waals surface area contributed by atoms with E-state index in [9.17, 15) is 0 Å². The van der Waals surface area contributed by atoms with Crippen LogP contribution in [0.1, 0.15) is 59.3 Å². The van der Waals surface area contributed by atoms with Crippen LogP contribution < -0.4 is 0 Å². The van der Waals surface area contributed by atoms with Gasteiger partial charge in [-0.3, -0.25) is 0 Å². The van der Waals surface area contributed by atoms with Crippen molar-refractivity contribution in [3.63, 3.8) is 0 Å². The number of ether oxygens (including phenoxy) is 1. The molecule has 14 heavy (non-hydrogen) atoms. The van der Waals surface area contributed by atoms with Crippen molar-refractivity contribution in [2.24, 2.45) is 11.3 Å². The van der Waals surface area contributed by atoms with Gasteiger partial charge in [-0.1, -0.05) is 33.6 Å². The van der Waals surface area contributed by atoms with Crippen LogP contribution in [-0.2, 0) is 4.74 Å². The fourth-order valence-corrected chi connectivity index (χ4v) is 3.07. The number of hydrogen-bond donors (Lipinski definition) is 0. The molecule has 1 aliphatic rings. The molecule has 1 fully saturated rings. The molecule has 0 bridgehead atoms. The highest BCUT2D eigenvalue weighted by molar-refractivity contribution is 4.83. The predicted octanol–water partition coefficient (Wildman–Crippen LogP) is 4.02. The third-order valence-corrected chi connectivity index (χ3v) is 3.85. The van der Waals surface area contributed by atoms with E-state index in [1.165, 1.54) is 38.5 Å². The molecule has 1 heteroatoms. The molecular formula is C13H26O. The van der Waals surface area contributed by atoms with E-state index < -0.39 is 0 Å². The maximum absolute atomic E-state index is 5.45. The molecule has 1 saturated heterocycles. The minimum atomic E-state index is 0.591. The van der Waals surface area contributed by atoms with Crippen LogP contribution in [0.5, 0.6) is 0 Å². The maximum Gasteiger partial charge on any atom is 0.0468 e. The van der Waals surface area contributed by atoms with Gasteiger partial charge in [0.2, 0.25) is 0 Å². The summed E-state index contributed by atoms with van der Waals surface area (Å²) in [5, 5.41) is 0. The Morgan fingerprint density at radius 1 is 1.07 bits per heavy atom. The lowest BCUT2D eigenvalue weighted by atomic mass is 9.68. The summed E-state index contributed by atoms with van der Waals surface area (Å²) in [6.07, 6.45) is 8.02. The van der Waals surface area contributed by atoms with Crippen molar-refractivity contribution in [3.05, 3.63) is 0 Å². The Bertz CT molecular complexity index is 141. The Labute approximate surface area is 89.2 Å². The maximum atomic E-state index is 5.45. The standard InChI is InChI=1S/C13H26O/c1-4-8-13(3,9-5-2)12-6-10-14-11-7-12/h12H,4-11H2,1-3H3. The molecule has 0 aromatic carbocycles. The minimum Gasteiger partial charge on any atom is -0.381 e. The van der Waals surface area contributed by atoms with Crippen molar-refractivity contribution >= 4 is 0 Å². The van der Waals surface area contributed by atoms with E-state index in [0.29, 0.717) is 5.41 Å². The molecule has 0 amide bonds. The molecule has 0 aromatic rings. The quantitative estimate of drug-likeness (QED) is 0.648. The molecule has 0 aromatic heterocycles. The lowest BCUT2D eigenvalue weighted by molar-refractivity contribution is 0.00851. The van der Waals surface area contributed by atoms with E-state index in [-0.39, 0.29) is 0 Å². The summed E-state index contributed by atoms with van der Waals surface area (Å²) >= 11 is 0. The summed E-state index contributed by atoms with van der Waals surface area (Å²) in [5.74, 6) is 0.913. The van der Waals surface area contributed by atoms with Crippen LogP contribution in [0.15, 0.2) is 0 Å². The van der Waals surface area contributed by atoms with Gasteiger partial charge in [-0.2, -0.15) is 0 Å². The van der Waals surface area contributed by atoms with Gasteiger partial charge in [0, 0.05) is 13.2 Å². The lowest BCUT2D eigenvalue weighted by Gasteiger charge is -2.40. The van der Waals surface area contributed by atoms with Gasteiger partial charge in [0.05, 0.1) is 0 Å². The summed E-state index contributed by atoms with van der Waals surface area (Å²) in [6.45, 7) is 9.11. The summed E-state index contributed by atoms with van der Waals surface area (Å²) in [6, 6.07) is 0. The van der Waals surface area contributed by atoms with Gasteiger partial charge < -0.3 is 4.74 Å². The molecule has 0 atom stereocenters. The van der Waals surface area contributed by atoms with Gasteiger partial charge in [0.25, 0.3) is 0 Å². The van der Waals surface area contributed by atoms with Crippen molar-refractivity contribution in [2.75, 3.05) is 13.2 Å². The lowest BCUT2D eigenvalue weighted by Crippen LogP contribution is -2.32. The van der Waals surface area contributed by atoms with Crippen LogP contribution in [0.25, 0.3) is 0 Å². The van der Waals surface area contributed by atoms with Crippen LogP contribution in [0.3, 0.4) is 0 Å². The highest BCUT2D eigenvalue weighted by Crippen LogP contribution is 2.42. The molecule has 0 spiro atoms. The van der Waals surface area contributed by atoms with E-state index in [1.54, 1.807) is 0 Å². The van der Waals surface area contributed by atoms with E-state index in [0.717, 1.165) is 19.1 Å². The highest BCUT2D eigenvalue weighted by atomic mass is 16.5. The normalized spacial score (nSPS) is 19.9. The van der Waals surface area contributed by atoms with Gasteiger partial charge in [-0.05, 0) is 37.0 Å². The molecule has 0 aliphatic carbocycles. The minimum absolute atomic E-state index is 0.591. The monoisotopic (exact) mass is 198 g/mol. The van der Waals surface area contributed by atoms with Crippen LogP contribution in [-0.4, -0.2) is 13.2 Å². The average molecular weight is 198 g/mol. The predicted molar refractivity (Wildman–Crippen MR) is 61.5 cm³/mol. The fraction of sp³-hybridized carbons (Fsp3) is 1.00. The first-order valence-electron chi connectivity index (χ1n) is 6.30. The first kappa shape index (κ1) is 12.0. The van der Waals surface area contributed by atoms with Gasteiger partial charge in [0.15, 0.2) is 0 Å². The third-order valence-electron chi connectivity index (χ3n) is 3.85. The van der Waals surface area contributed by atoms with E-state index >= 15 is 0 Å². The first-order chi connectivity index (χ1) is 6.73. The van der Waals surface area contributed by atoms with Crippen molar-refractivity contribution in [1.29, 1.82) is 0 Å². The van der Waals surface area contributed by atoms with Gasteiger partial charge in [-0.25, -0.2) is 0 Å². The molecule has 1 nitrogen and oxygen atoms in total. The van der Waals surface area contributed by atoms with Gasteiger partial charge >= 0.3 is 0 Å². The summed E-state index contributed by atoms with van der Waals surface area (Å²) in [5.41, 5.74) is 0.591. The topological polar surface area (TPSA) is 9.23 Å². The Morgan fingerprint density at radius 2 is 1.57 bits per heavy atom. The molecule has 0 N–H and O–H groups in total. The van der Waals surface area contributed by atoms with Crippen LogP contribution in [0, 0.1) is 11.3 Å². The Hall–Kier alpha value is -0.0400. The van der Waals surface area contributed by atoms with Crippen molar-refractivity contribution in [1.82, 2.24) is 0 Å². The molecule has 0 radical (unpaired) electrons. The molecule has 1 aliphatic heterocycles. The first-order valence-corrected chi connectivity index (χ1v) is 6.30. The van der Waals surface area contributed by atoms with E-state index in [2.05, 4.69) is 20.8 Å². The van der Waals surface area contributed by atoms with Crippen LogP contribution in [0.2, 0.25) is 0 Å². The Kier molecular flexibility index (Phi) is 4.94. The zero-order valence-corrected chi connectivity index (χ0v) is 10.1. The highest BCUT2D eigenvalue weighted by Gasteiger charge is 2.33. The summed E-state index contributed by atoms with van der Waals surface area (Å²) < 4.78 is 5.45. The summed E-state index contributed by atoms with van der Waals surface area (Å²) in [4.78, 5) is 0. The molecule has 1 heterocycles. The largest absolute Gasteiger partial charge is 0.381 e. The number of rotatable bonds is 5. The molecular weight excluding hydrogens is 172 g/mol. The molecule has 0 saturated carbocycles. The molecule has 0 unspecified atom stereocenters. The van der Waals surface area contributed by atoms with E-state index in [1.807, 2.05) is 0 Å². The Balaban J connectivity index is 2.54. The van der Waals surface area contributed by atoms with Crippen LogP contribution >= 0.6 is 0 Å². The second kappa shape index (κ2) is 5.75. The van der Waals surface area contributed by atoms with Crippen LogP contribution in [0.4, 0.5) is 0 Å². The third kappa shape index (κ3) is 2.98. The second-order valence-electron chi connectivity index (χ2n) is 5.04. The van der Waals surface area contributed by atoms with Crippen molar-refractivity contribution in [2.45, 2.75) is 59.3 Å². The van der Waals surface area contributed by atoms with Crippen molar-refractivity contribution < 1.29 is 4.74 Å². The summed E-state index contributed by atoms with van der Waals surface area (Å²) in [7, 11) is 0. The Morgan fingerprint density at radius 3 is 2.00 bits per heavy atom. The van der Waals surface area contributed by atoms with Gasteiger partial charge in [-0.15, -0.1) is 0 Å². The number of hydrogen-bond acceptors (Lipinski definition) is 1. The van der Waals surface area contributed by atoms with E-state index in [4.69, 9.17) is 4.74 Å². The average Bonchev–Trinajstić information content (AvgIpc) is 2.20. The van der Waals surface area contributed by atoms with Crippen molar-refractivity contribution in [3.8, 4) is 0 Å².